The van der Waals surface area contributed by atoms with Gasteiger partial charge >= 0.3 is 0 Å². The number of carbonyl (C=O) groups is 1. The van der Waals surface area contributed by atoms with Crippen molar-refractivity contribution >= 4 is 44.3 Å². The lowest BCUT2D eigenvalue weighted by Crippen LogP contribution is -2.39. The topological polar surface area (TPSA) is 63.9 Å². The lowest BCUT2D eigenvalue weighted by Gasteiger charge is -2.32. The molecule has 4 heterocycles. The molecule has 0 bridgehead atoms. The Hall–Kier alpha value is -2.58. The van der Waals surface area contributed by atoms with Crippen molar-refractivity contribution in [1.82, 2.24) is 24.4 Å². The molecule has 0 radical (unpaired) electrons. The molecule has 5 rings (SSSR count). The number of likely N-dealkylation sites (tertiary alicyclic amines) is 1. The van der Waals surface area contributed by atoms with E-state index in [0.717, 1.165) is 51.6 Å². The first-order valence-corrected chi connectivity index (χ1v) is 14.9. The van der Waals surface area contributed by atoms with Gasteiger partial charge in [-0.1, -0.05) is 59.7 Å². The van der Waals surface area contributed by atoms with Crippen LogP contribution >= 0.6 is 27.3 Å². The smallest absolute Gasteiger partial charge is 0.242 e. The van der Waals surface area contributed by atoms with Crippen molar-refractivity contribution in [3.05, 3.63) is 62.8 Å². The van der Waals surface area contributed by atoms with Gasteiger partial charge in [-0.15, -0.1) is 11.3 Å². The van der Waals surface area contributed by atoms with E-state index in [1.165, 1.54) is 16.7 Å². The van der Waals surface area contributed by atoms with Crippen LogP contribution < -0.4 is 0 Å². The van der Waals surface area contributed by atoms with Gasteiger partial charge in [-0.25, -0.2) is 15.0 Å². The highest BCUT2D eigenvalue weighted by molar-refractivity contribution is 9.11. The molecule has 38 heavy (non-hydrogen) atoms. The molecule has 1 aliphatic heterocycles. The fraction of sp³-hybridized carbons (Fsp3) is 0.467. The van der Waals surface area contributed by atoms with Crippen LogP contribution in [0.15, 0.2) is 46.6 Å². The molecule has 0 aliphatic carbocycles. The third kappa shape index (κ3) is 5.30. The van der Waals surface area contributed by atoms with Crippen LogP contribution in [-0.2, 0) is 22.2 Å². The summed E-state index contributed by atoms with van der Waals surface area (Å²) in [4.78, 5) is 29.0. The van der Waals surface area contributed by atoms with Gasteiger partial charge in [0.25, 0.3) is 0 Å². The molecular weight excluding hydrogens is 558 g/mol. The van der Waals surface area contributed by atoms with Gasteiger partial charge in [0.1, 0.15) is 12.1 Å². The van der Waals surface area contributed by atoms with Gasteiger partial charge in [-0.2, -0.15) is 0 Å². The van der Waals surface area contributed by atoms with Crippen LogP contribution in [0, 0.1) is 0 Å². The molecule has 0 saturated carbocycles. The lowest BCUT2D eigenvalue weighted by molar-refractivity contribution is -0.132. The summed E-state index contributed by atoms with van der Waals surface area (Å²) in [6.45, 7) is 15.5. The number of rotatable bonds is 4. The monoisotopic (exact) mass is 593 g/mol. The SMILES string of the molecule is CC(C)(C)c1cccc(-c2nc(C3CCN(C(=O)Cn4cnc5cccnc54)CC3)sc2Br)c1C(C)(C)C. The minimum atomic E-state index is -0.00971. The van der Waals surface area contributed by atoms with Crippen molar-refractivity contribution in [3.8, 4) is 11.3 Å². The predicted molar refractivity (Wildman–Crippen MR) is 159 cm³/mol. The molecule has 1 aliphatic rings. The summed E-state index contributed by atoms with van der Waals surface area (Å²) in [6.07, 6.45) is 5.28. The summed E-state index contributed by atoms with van der Waals surface area (Å²) in [5.41, 5.74) is 6.59. The Labute approximate surface area is 237 Å². The average Bonchev–Trinajstić information content (AvgIpc) is 3.46. The van der Waals surface area contributed by atoms with Crippen LogP contribution in [0.3, 0.4) is 0 Å². The largest absolute Gasteiger partial charge is 0.341 e. The number of benzene rings is 1. The number of aromatic nitrogens is 4. The van der Waals surface area contributed by atoms with Gasteiger partial charge in [0.05, 0.1) is 20.8 Å². The highest BCUT2D eigenvalue weighted by Gasteiger charge is 2.31. The Bertz CT molecular complexity index is 1470. The first-order chi connectivity index (χ1) is 17.9. The van der Waals surface area contributed by atoms with Crippen LogP contribution in [-0.4, -0.2) is 43.4 Å². The molecule has 3 aromatic heterocycles. The zero-order valence-electron chi connectivity index (χ0n) is 23.1. The minimum Gasteiger partial charge on any atom is -0.341 e. The molecule has 0 unspecified atom stereocenters. The van der Waals surface area contributed by atoms with E-state index in [9.17, 15) is 4.79 Å². The van der Waals surface area contributed by atoms with Crippen LogP contribution in [0.5, 0.6) is 0 Å². The second-order valence-corrected chi connectivity index (χ2v) is 14.6. The molecule has 0 atom stereocenters. The first kappa shape index (κ1) is 27.0. The third-order valence-electron chi connectivity index (χ3n) is 7.36. The van der Waals surface area contributed by atoms with E-state index in [4.69, 9.17) is 4.98 Å². The van der Waals surface area contributed by atoms with E-state index in [1.54, 1.807) is 23.9 Å². The van der Waals surface area contributed by atoms with Crippen molar-refractivity contribution in [2.75, 3.05) is 13.1 Å². The molecule has 0 N–H and O–H groups in total. The van der Waals surface area contributed by atoms with E-state index in [1.807, 2.05) is 21.6 Å². The van der Waals surface area contributed by atoms with E-state index in [2.05, 4.69) is 85.6 Å². The van der Waals surface area contributed by atoms with Gasteiger partial charge in [0.15, 0.2) is 5.65 Å². The van der Waals surface area contributed by atoms with Gasteiger partial charge < -0.3 is 9.47 Å². The number of imidazole rings is 1. The molecule has 4 aromatic rings. The number of amides is 1. The number of piperidine rings is 1. The van der Waals surface area contributed by atoms with Gasteiger partial charge in [-0.05, 0) is 62.9 Å². The summed E-state index contributed by atoms with van der Waals surface area (Å²) < 4.78 is 2.92. The number of halogens is 1. The fourth-order valence-corrected chi connectivity index (χ4v) is 7.25. The quantitative estimate of drug-likeness (QED) is 0.249. The maximum Gasteiger partial charge on any atom is 0.242 e. The molecule has 8 heteroatoms. The zero-order chi connectivity index (χ0) is 27.2. The Kier molecular flexibility index (Phi) is 7.24. The molecule has 1 amide bonds. The summed E-state index contributed by atoms with van der Waals surface area (Å²) >= 11 is 5.61. The second-order valence-electron chi connectivity index (χ2n) is 12.3. The van der Waals surface area contributed by atoms with Crippen LogP contribution in [0.4, 0.5) is 0 Å². The van der Waals surface area contributed by atoms with Crippen molar-refractivity contribution in [2.45, 2.75) is 77.7 Å². The van der Waals surface area contributed by atoms with Gasteiger partial charge in [0, 0.05) is 30.8 Å². The summed E-state index contributed by atoms with van der Waals surface area (Å²) in [6, 6.07) is 10.4. The Morgan fingerprint density at radius 1 is 1.03 bits per heavy atom. The molecule has 0 spiro atoms. The molecule has 1 fully saturated rings. The second kappa shape index (κ2) is 10.2. The van der Waals surface area contributed by atoms with E-state index >= 15 is 0 Å². The Balaban J connectivity index is 1.33. The highest BCUT2D eigenvalue weighted by atomic mass is 79.9. The molecule has 1 aromatic carbocycles. The van der Waals surface area contributed by atoms with E-state index in [-0.39, 0.29) is 23.3 Å². The van der Waals surface area contributed by atoms with Crippen LogP contribution in [0.2, 0.25) is 0 Å². The van der Waals surface area contributed by atoms with Crippen molar-refractivity contribution in [3.63, 3.8) is 0 Å². The number of carbonyl (C=O) groups excluding carboxylic acids is 1. The summed E-state index contributed by atoms with van der Waals surface area (Å²) in [7, 11) is 0. The van der Waals surface area contributed by atoms with Crippen molar-refractivity contribution in [1.29, 1.82) is 0 Å². The normalized spacial score (nSPS) is 15.4. The number of pyridine rings is 1. The predicted octanol–water partition coefficient (Wildman–Crippen LogP) is 7.32. The first-order valence-electron chi connectivity index (χ1n) is 13.3. The number of nitrogens with zero attached hydrogens (tertiary/aromatic N) is 5. The third-order valence-corrected chi connectivity index (χ3v) is 9.22. The van der Waals surface area contributed by atoms with Crippen LogP contribution in [0.1, 0.15) is 76.4 Å². The number of fused-ring (bicyclic) bond motifs is 1. The lowest BCUT2D eigenvalue weighted by atomic mass is 9.73. The standard InChI is InChI=1S/C30H36BrN5OS/c1-29(2,3)21-10-7-9-20(24(21)30(4,5)6)25-26(31)38-28(34-25)19-12-15-35(16-13-19)23(37)17-36-18-33-22-11-8-14-32-27(22)36/h7-11,14,18-19H,12-13,15-17H2,1-6H3. The average molecular weight is 595 g/mol. The highest BCUT2D eigenvalue weighted by Crippen LogP contribution is 2.45. The van der Waals surface area contributed by atoms with E-state index in [0.29, 0.717) is 5.92 Å². The number of hydrogen-bond acceptors (Lipinski definition) is 5. The van der Waals surface area contributed by atoms with Gasteiger partial charge in [0.2, 0.25) is 5.91 Å². The molecular formula is C30H36BrN5OS. The Morgan fingerprint density at radius 2 is 1.76 bits per heavy atom. The van der Waals surface area contributed by atoms with Crippen molar-refractivity contribution < 1.29 is 4.79 Å². The fourth-order valence-electron chi connectivity index (χ4n) is 5.47. The van der Waals surface area contributed by atoms with Gasteiger partial charge in [-0.3, -0.25) is 4.79 Å². The minimum absolute atomic E-state index is 0.00971. The van der Waals surface area contributed by atoms with E-state index < -0.39 is 0 Å². The maximum absolute atomic E-state index is 13.1. The number of thiazole rings is 1. The zero-order valence-corrected chi connectivity index (χ0v) is 25.5. The molecule has 200 valence electrons. The molecule has 6 nitrogen and oxygen atoms in total. The van der Waals surface area contributed by atoms with Crippen LogP contribution in [0.25, 0.3) is 22.4 Å². The molecule has 1 saturated heterocycles. The Morgan fingerprint density at radius 3 is 2.45 bits per heavy atom. The number of hydrogen-bond donors (Lipinski definition) is 0. The van der Waals surface area contributed by atoms with Crippen molar-refractivity contribution in [2.24, 2.45) is 0 Å². The summed E-state index contributed by atoms with van der Waals surface area (Å²) in [5, 5.41) is 1.16. The summed E-state index contributed by atoms with van der Waals surface area (Å²) in [5.74, 6) is 0.469. The maximum atomic E-state index is 13.1.